The van der Waals surface area contributed by atoms with E-state index in [4.69, 9.17) is 4.74 Å². The molecule has 0 aromatic carbocycles. The number of hydrogen-bond acceptors (Lipinski definition) is 4. The van der Waals surface area contributed by atoms with E-state index in [9.17, 15) is 0 Å². The maximum Gasteiger partial charge on any atom is 0.216 e. The Bertz CT molecular complexity index is 326. The van der Waals surface area contributed by atoms with Crippen LogP contribution in [0.15, 0.2) is 12.4 Å². The molecule has 0 unspecified atom stereocenters. The zero-order valence-corrected chi connectivity index (χ0v) is 11.2. The van der Waals surface area contributed by atoms with E-state index in [0.717, 1.165) is 18.7 Å². The predicted octanol–water partition coefficient (Wildman–Crippen LogP) is 2.37. The van der Waals surface area contributed by atoms with Gasteiger partial charge in [-0.1, -0.05) is 27.7 Å². The standard InChI is InChI=1S/C13H23N3O/c1-10(2)12-8-13(16-9-15-12)17-7-5-6-14-11(3)4/h8-11,14H,5-7H2,1-4H3. The van der Waals surface area contributed by atoms with E-state index in [1.54, 1.807) is 6.33 Å². The van der Waals surface area contributed by atoms with Crippen molar-refractivity contribution in [2.24, 2.45) is 0 Å². The SMILES string of the molecule is CC(C)NCCCOc1cc(C(C)C)ncn1. The lowest BCUT2D eigenvalue weighted by Gasteiger charge is -2.09. The van der Waals surface area contributed by atoms with Crippen molar-refractivity contribution in [3.8, 4) is 5.88 Å². The summed E-state index contributed by atoms with van der Waals surface area (Å²) in [5.41, 5.74) is 1.02. The molecule has 0 bridgehead atoms. The van der Waals surface area contributed by atoms with Gasteiger partial charge in [0.2, 0.25) is 5.88 Å². The molecule has 4 heteroatoms. The highest BCUT2D eigenvalue weighted by molar-refractivity contribution is 5.15. The van der Waals surface area contributed by atoms with E-state index < -0.39 is 0 Å². The van der Waals surface area contributed by atoms with Crippen LogP contribution < -0.4 is 10.1 Å². The van der Waals surface area contributed by atoms with E-state index in [1.165, 1.54) is 0 Å². The molecule has 0 spiro atoms. The fourth-order valence-corrected chi connectivity index (χ4v) is 1.39. The minimum absolute atomic E-state index is 0.406. The molecule has 1 heterocycles. The molecule has 0 saturated carbocycles. The number of aromatic nitrogens is 2. The Morgan fingerprint density at radius 3 is 2.65 bits per heavy atom. The molecular formula is C13H23N3O. The highest BCUT2D eigenvalue weighted by Crippen LogP contribution is 2.14. The number of ether oxygens (including phenoxy) is 1. The first kappa shape index (κ1) is 13.9. The summed E-state index contributed by atoms with van der Waals surface area (Å²) in [5, 5.41) is 3.35. The molecule has 0 aliphatic rings. The molecule has 0 amide bonds. The van der Waals surface area contributed by atoms with Gasteiger partial charge in [-0.15, -0.1) is 0 Å². The van der Waals surface area contributed by atoms with E-state index >= 15 is 0 Å². The van der Waals surface area contributed by atoms with Gasteiger partial charge in [-0.2, -0.15) is 0 Å². The largest absolute Gasteiger partial charge is 0.478 e. The Morgan fingerprint density at radius 2 is 2.00 bits per heavy atom. The Balaban J connectivity index is 2.29. The van der Waals surface area contributed by atoms with Crippen molar-refractivity contribution in [1.82, 2.24) is 15.3 Å². The molecule has 1 aromatic heterocycles. The van der Waals surface area contributed by atoms with Crippen molar-refractivity contribution in [3.05, 3.63) is 18.1 Å². The van der Waals surface area contributed by atoms with Crippen LogP contribution in [0.2, 0.25) is 0 Å². The van der Waals surface area contributed by atoms with E-state index in [2.05, 4.69) is 43.0 Å². The first-order valence-electron chi connectivity index (χ1n) is 6.27. The third-order valence-corrected chi connectivity index (χ3v) is 2.38. The van der Waals surface area contributed by atoms with Gasteiger partial charge >= 0.3 is 0 Å². The molecule has 0 fully saturated rings. The van der Waals surface area contributed by atoms with Gasteiger partial charge in [-0.05, 0) is 18.9 Å². The molecule has 0 atom stereocenters. The number of hydrogen-bond donors (Lipinski definition) is 1. The third kappa shape index (κ3) is 5.63. The molecule has 0 aliphatic heterocycles. The van der Waals surface area contributed by atoms with E-state index in [0.29, 0.717) is 24.4 Å². The lowest BCUT2D eigenvalue weighted by atomic mass is 10.1. The number of nitrogens with one attached hydrogen (secondary N) is 1. The van der Waals surface area contributed by atoms with Crippen molar-refractivity contribution in [2.45, 2.75) is 46.1 Å². The molecule has 0 radical (unpaired) electrons. The predicted molar refractivity (Wildman–Crippen MR) is 69.4 cm³/mol. The van der Waals surface area contributed by atoms with Gasteiger partial charge in [0.1, 0.15) is 6.33 Å². The van der Waals surface area contributed by atoms with Crippen molar-refractivity contribution >= 4 is 0 Å². The third-order valence-electron chi connectivity index (χ3n) is 2.38. The highest BCUT2D eigenvalue weighted by Gasteiger charge is 2.03. The van der Waals surface area contributed by atoms with Gasteiger partial charge in [0, 0.05) is 12.1 Å². The molecule has 0 saturated heterocycles. The van der Waals surface area contributed by atoms with Crippen LogP contribution in [-0.2, 0) is 0 Å². The van der Waals surface area contributed by atoms with Gasteiger partial charge in [0.15, 0.2) is 0 Å². The van der Waals surface area contributed by atoms with Crippen LogP contribution in [0.5, 0.6) is 5.88 Å². The first-order valence-corrected chi connectivity index (χ1v) is 6.27. The fraction of sp³-hybridized carbons (Fsp3) is 0.692. The molecule has 17 heavy (non-hydrogen) atoms. The van der Waals surface area contributed by atoms with Crippen molar-refractivity contribution in [3.63, 3.8) is 0 Å². The zero-order valence-electron chi connectivity index (χ0n) is 11.2. The summed E-state index contributed by atoms with van der Waals surface area (Å²) in [6.45, 7) is 10.2. The molecule has 4 nitrogen and oxygen atoms in total. The molecular weight excluding hydrogens is 214 g/mol. The van der Waals surface area contributed by atoms with Crippen molar-refractivity contribution in [1.29, 1.82) is 0 Å². The summed E-state index contributed by atoms with van der Waals surface area (Å²) in [6, 6.07) is 2.45. The quantitative estimate of drug-likeness (QED) is 0.740. The number of rotatable bonds is 7. The van der Waals surface area contributed by atoms with Crippen LogP contribution in [0.25, 0.3) is 0 Å². The zero-order chi connectivity index (χ0) is 12.7. The van der Waals surface area contributed by atoms with Crippen LogP contribution in [0.4, 0.5) is 0 Å². The minimum atomic E-state index is 0.406. The maximum atomic E-state index is 5.59. The van der Waals surface area contributed by atoms with E-state index in [-0.39, 0.29) is 0 Å². The monoisotopic (exact) mass is 237 g/mol. The second-order valence-electron chi connectivity index (χ2n) is 4.75. The van der Waals surface area contributed by atoms with Crippen LogP contribution in [0.1, 0.15) is 45.7 Å². The van der Waals surface area contributed by atoms with Crippen LogP contribution in [0, 0.1) is 0 Å². The topological polar surface area (TPSA) is 47.0 Å². The van der Waals surface area contributed by atoms with E-state index in [1.807, 2.05) is 6.07 Å². The van der Waals surface area contributed by atoms with Gasteiger partial charge in [-0.25, -0.2) is 9.97 Å². The molecule has 1 aromatic rings. The van der Waals surface area contributed by atoms with Gasteiger partial charge in [0.25, 0.3) is 0 Å². The lowest BCUT2D eigenvalue weighted by Crippen LogP contribution is -2.24. The summed E-state index contributed by atoms with van der Waals surface area (Å²) in [6.07, 6.45) is 2.55. The Kier molecular flexibility index (Phi) is 5.91. The summed E-state index contributed by atoms with van der Waals surface area (Å²) in [4.78, 5) is 8.30. The molecule has 96 valence electrons. The summed E-state index contributed by atoms with van der Waals surface area (Å²) in [5.74, 6) is 1.08. The Labute approximate surface area is 104 Å². The Hall–Kier alpha value is -1.16. The second kappa shape index (κ2) is 7.22. The van der Waals surface area contributed by atoms with Gasteiger partial charge in [-0.3, -0.25) is 0 Å². The smallest absolute Gasteiger partial charge is 0.216 e. The fourth-order valence-electron chi connectivity index (χ4n) is 1.39. The van der Waals surface area contributed by atoms with Crippen LogP contribution in [0.3, 0.4) is 0 Å². The maximum absolute atomic E-state index is 5.59. The average Bonchev–Trinajstić information content (AvgIpc) is 2.28. The van der Waals surface area contributed by atoms with Gasteiger partial charge in [0.05, 0.1) is 12.3 Å². The summed E-state index contributed by atoms with van der Waals surface area (Å²) in [7, 11) is 0. The summed E-state index contributed by atoms with van der Waals surface area (Å²) >= 11 is 0. The second-order valence-corrected chi connectivity index (χ2v) is 4.75. The average molecular weight is 237 g/mol. The first-order chi connectivity index (χ1) is 8.09. The molecule has 1 N–H and O–H groups in total. The van der Waals surface area contributed by atoms with Crippen LogP contribution >= 0.6 is 0 Å². The normalized spacial score (nSPS) is 11.2. The Morgan fingerprint density at radius 1 is 1.24 bits per heavy atom. The number of nitrogens with zero attached hydrogens (tertiary/aromatic N) is 2. The minimum Gasteiger partial charge on any atom is -0.478 e. The van der Waals surface area contributed by atoms with Crippen molar-refractivity contribution in [2.75, 3.05) is 13.2 Å². The van der Waals surface area contributed by atoms with Gasteiger partial charge < -0.3 is 10.1 Å². The lowest BCUT2D eigenvalue weighted by molar-refractivity contribution is 0.294. The highest BCUT2D eigenvalue weighted by atomic mass is 16.5. The van der Waals surface area contributed by atoms with Crippen molar-refractivity contribution < 1.29 is 4.74 Å². The molecule has 0 aliphatic carbocycles. The molecule has 1 rings (SSSR count). The van der Waals surface area contributed by atoms with Crippen LogP contribution in [-0.4, -0.2) is 29.2 Å². The summed E-state index contributed by atoms with van der Waals surface area (Å²) < 4.78 is 5.59.